The highest BCUT2D eigenvalue weighted by molar-refractivity contribution is 5.49. The summed E-state index contributed by atoms with van der Waals surface area (Å²) in [6.07, 6.45) is 0.778. The predicted octanol–water partition coefficient (Wildman–Crippen LogP) is 2.95. The minimum atomic E-state index is -0.167. The number of hydrogen-bond donors (Lipinski definition) is 1. The molecule has 6 heteroatoms. The normalized spacial score (nSPS) is 14.7. The number of ether oxygens (including phenoxy) is 2. The molecule has 1 N–H and O–H groups in total. The lowest BCUT2D eigenvalue weighted by Gasteiger charge is -2.29. The first-order valence-corrected chi connectivity index (χ1v) is 9.30. The number of nitrogens with zero attached hydrogens (tertiary/aromatic N) is 2. The molecule has 3 rings (SSSR count). The lowest BCUT2D eigenvalue weighted by molar-refractivity contribution is 0.237. The van der Waals surface area contributed by atoms with E-state index in [2.05, 4.69) is 30.7 Å². The molecule has 0 unspecified atom stereocenters. The first kappa shape index (κ1) is 19.4. The highest BCUT2D eigenvalue weighted by Crippen LogP contribution is 2.32. The molecular formula is C21H29N3O3. The summed E-state index contributed by atoms with van der Waals surface area (Å²) in [4.78, 5) is 22.6. The van der Waals surface area contributed by atoms with Crippen molar-refractivity contribution < 1.29 is 9.47 Å². The fourth-order valence-electron chi connectivity index (χ4n) is 3.57. The van der Waals surface area contributed by atoms with Crippen molar-refractivity contribution in [2.75, 3.05) is 20.8 Å². The zero-order valence-electron chi connectivity index (χ0n) is 17.1. The summed E-state index contributed by atoms with van der Waals surface area (Å²) in [6.45, 7) is 10.3. The van der Waals surface area contributed by atoms with E-state index >= 15 is 0 Å². The van der Waals surface area contributed by atoms with E-state index in [9.17, 15) is 4.79 Å². The van der Waals surface area contributed by atoms with Crippen molar-refractivity contribution in [1.29, 1.82) is 0 Å². The van der Waals surface area contributed by atoms with Gasteiger partial charge in [-0.25, -0.2) is 4.98 Å². The molecule has 0 aliphatic carbocycles. The fourth-order valence-corrected chi connectivity index (χ4v) is 3.57. The van der Waals surface area contributed by atoms with Crippen LogP contribution in [0.2, 0.25) is 0 Å². The molecule has 0 amide bonds. The number of fused-ring (bicyclic) bond motifs is 1. The average molecular weight is 371 g/mol. The van der Waals surface area contributed by atoms with Crippen LogP contribution in [0, 0.1) is 6.92 Å². The second-order valence-corrected chi connectivity index (χ2v) is 8.14. The lowest BCUT2D eigenvalue weighted by Crippen LogP contribution is -2.37. The summed E-state index contributed by atoms with van der Waals surface area (Å²) in [6, 6.07) is 4.00. The smallest absolute Gasteiger partial charge is 0.255 e. The van der Waals surface area contributed by atoms with Gasteiger partial charge in [-0.1, -0.05) is 26.8 Å². The molecule has 0 saturated heterocycles. The Hall–Kier alpha value is -2.34. The van der Waals surface area contributed by atoms with Crippen molar-refractivity contribution in [3.63, 3.8) is 0 Å². The Balaban J connectivity index is 1.86. The van der Waals surface area contributed by atoms with Crippen LogP contribution in [-0.4, -0.2) is 35.6 Å². The van der Waals surface area contributed by atoms with Gasteiger partial charge >= 0.3 is 0 Å². The fraction of sp³-hybridized carbons (Fsp3) is 0.524. The molecule has 1 aliphatic heterocycles. The molecule has 1 aromatic heterocycles. The van der Waals surface area contributed by atoms with Crippen molar-refractivity contribution in [1.82, 2.24) is 14.9 Å². The Morgan fingerprint density at radius 3 is 2.59 bits per heavy atom. The third-order valence-corrected chi connectivity index (χ3v) is 5.11. The van der Waals surface area contributed by atoms with Crippen LogP contribution in [0.3, 0.4) is 0 Å². The van der Waals surface area contributed by atoms with Crippen molar-refractivity contribution in [3.8, 4) is 11.5 Å². The third kappa shape index (κ3) is 3.86. The van der Waals surface area contributed by atoms with Gasteiger partial charge in [0.15, 0.2) is 0 Å². The molecule has 1 aliphatic rings. The van der Waals surface area contributed by atoms with E-state index in [-0.39, 0.29) is 11.0 Å². The van der Waals surface area contributed by atoms with Crippen molar-refractivity contribution in [2.45, 2.75) is 52.6 Å². The molecule has 0 bridgehead atoms. The summed E-state index contributed by atoms with van der Waals surface area (Å²) in [5.41, 5.74) is 3.60. The van der Waals surface area contributed by atoms with Crippen LogP contribution in [0.25, 0.3) is 0 Å². The number of benzene rings is 1. The summed E-state index contributed by atoms with van der Waals surface area (Å²) < 4.78 is 11.0. The first-order chi connectivity index (χ1) is 12.7. The van der Waals surface area contributed by atoms with Gasteiger partial charge in [-0.2, -0.15) is 0 Å². The van der Waals surface area contributed by atoms with Gasteiger partial charge in [-0.15, -0.1) is 0 Å². The maximum Gasteiger partial charge on any atom is 0.255 e. The maximum atomic E-state index is 12.6. The van der Waals surface area contributed by atoms with Gasteiger partial charge < -0.3 is 14.5 Å². The van der Waals surface area contributed by atoms with E-state index in [1.54, 1.807) is 14.2 Å². The zero-order valence-corrected chi connectivity index (χ0v) is 17.1. The van der Waals surface area contributed by atoms with Gasteiger partial charge in [0.2, 0.25) is 0 Å². The van der Waals surface area contributed by atoms with Crippen LogP contribution in [-0.2, 0) is 24.9 Å². The largest absolute Gasteiger partial charge is 0.496 e. The van der Waals surface area contributed by atoms with Gasteiger partial charge in [-0.05, 0) is 13.0 Å². The quantitative estimate of drug-likeness (QED) is 0.895. The summed E-state index contributed by atoms with van der Waals surface area (Å²) >= 11 is 0. The predicted molar refractivity (Wildman–Crippen MR) is 106 cm³/mol. The number of hydrogen-bond acceptors (Lipinski definition) is 5. The average Bonchev–Trinajstić information content (AvgIpc) is 2.61. The second-order valence-electron chi connectivity index (χ2n) is 8.14. The van der Waals surface area contributed by atoms with E-state index < -0.39 is 0 Å². The summed E-state index contributed by atoms with van der Waals surface area (Å²) in [7, 11) is 3.34. The number of methoxy groups -OCH3 is 2. The molecule has 0 saturated carbocycles. The van der Waals surface area contributed by atoms with E-state index in [4.69, 9.17) is 14.5 Å². The van der Waals surface area contributed by atoms with Crippen LogP contribution in [0.5, 0.6) is 11.5 Å². The highest BCUT2D eigenvalue weighted by Gasteiger charge is 2.25. The lowest BCUT2D eigenvalue weighted by atomic mass is 9.95. The van der Waals surface area contributed by atoms with Gasteiger partial charge in [0, 0.05) is 42.6 Å². The highest BCUT2D eigenvalue weighted by atomic mass is 16.5. The molecule has 0 atom stereocenters. The van der Waals surface area contributed by atoms with Crippen molar-refractivity contribution in [2.24, 2.45) is 0 Å². The number of H-pyrrole nitrogens is 1. The van der Waals surface area contributed by atoms with Gasteiger partial charge in [0.25, 0.3) is 5.56 Å². The van der Waals surface area contributed by atoms with E-state index in [0.29, 0.717) is 13.1 Å². The Kier molecular flexibility index (Phi) is 5.29. The number of aromatic nitrogens is 2. The number of nitrogens with one attached hydrogen (secondary N) is 1. The number of rotatable bonds is 4. The standard InChI is InChI=1S/C21H29N3O3/c1-13-17(26-5)8-7-14(18(13)27-6)11-24-10-9-16-15(12-24)19(25)23-20(22-16)21(2,3)4/h7-8H,9-12H2,1-6H3,(H,22,23,25). The first-order valence-electron chi connectivity index (χ1n) is 9.30. The summed E-state index contributed by atoms with van der Waals surface area (Å²) in [5.74, 6) is 2.41. The second kappa shape index (κ2) is 7.35. The Bertz CT molecular complexity index is 897. The molecule has 2 heterocycles. The Morgan fingerprint density at radius 2 is 1.96 bits per heavy atom. The van der Waals surface area contributed by atoms with E-state index in [1.165, 1.54) is 0 Å². The monoisotopic (exact) mass is 371 g/mol. The number of aromatic amines is 1. The van der Waals surface area contributed by atoms with E-state index in [1.807, 2.05) is 19.1 Å². The molecular weight excluding hydrogens is 342 g/mol. The molecule has 2 aromatic rings. The van der Waals surface area contributed by atoms with E-state index in [0.717, 1.165) is 52.7 Å². The minimum Gasteiger partial charge on any atom is -0.496 e. The van der Waals surface area contributed by atoms with Crippen LogP contribution >= 0.6 is 0 Å². The SMILES string of the molecule is COc1ccc(CN2CCc3nc(C(C)(C)C)[nH]c(=O)c3C2)c(OC)c1C. The zero-order chi connectivity index (χ0) is 19.8. The molecule has 1 aromatic carbocycles. The maximum absolute atomic E-state index is 12.6. The molecule has 146 valence electrons. The minimum absolute atomic E-state index is 0.0208. The molecule has 0 radical (unpaired) electrons. The van der Waals surface area contributed by atoms with Crippen LogP contribution in [0.15, 0.2) is 16.9 Å². The van der Waals surface area contributed by atoms with Gasteiger partial charge in [0.1, 0.15) is 17.3 Å². The van der Waals surface area contributed by atoms with Gasteiger partial charge in [-0.3, -0.25) is 9.69 Å². The molecule has 6 nitrogen and oxygen atoms in total. The third-order valence-electron chi connectivity index (χ3n) is 5.11. The van der Waals surface area contributed by atoms with Crippen molar-refractivity contribution in [3.05, 3.63) is 50.7 Å². The van der Waals surface area contributed by atoms with Crippen LogP contribution in [0.4, 0.5) is 0 Å². The van der Waals surface area contributed by atoms with Crippen LogP contribution in [0.1, 0.15) is 49.0 Å². The Labute approximate surface area is 160 Å². The molecule has 27 heavy (non-hydrogen) atoms. The Morgan fingerprint density at radius 1 is 1.22 bits per heavy atom. The molecule has 0 spiro atoms. The summed E-state index contributed by atoms with van der Waals surface area (Å²) in [5, 5.41) is 0. The van der Waals surface area contributed by atoms with Crippen LogP contribution < -0.4 is 15.0 Å². The topological polar surface area (TPSA) is 67.5 Å². The molecule has 0 fully saturated rings. The van der Waals surface area contributed by atoms with Gasteiger partial charge in [0.05, 0.1) is 25.5 Å². The van der Waals surface area contributed by atoms with Crippen molar-refractivity contribution >= 4 is 0 Å².